The van der Waals surface area contributed by atoms with Crippen LogP contribution in [0, 0.1) is 22.7 Å². The normalized spacial score (nSPS) is 54.6. The number of fused-ring (bicyclic) bond motifs is 9. The van der Waals surface area contributed by atoms with Crippen molar-refractivity contribution in [3.63, 3.8) is 0 Å². The number of aromatic nitrogens is 1. The third kappa shape index (κ3) is 2.37. The van der Waals surface area contributed by atoms with E-state index in [9.17, 15) is 5.11 Å². The number of aliphatic hydroxyl groups is 1. The predicted molar refractivity (Wildman–Crippen MR) is 143 cm³/mol. The van der Waals surface area contributed by atoms with E-state index in [-0.39, 0.29) is 24.2 Å². The van der Waals surface area contributed by atoms with E-state index in [0.29, 0.717) is 18.9 Å². The van der Waals surface area contributed by atoms with Gasteiger partial charge >= 0.3 is 0 Å². The number of ether oxygens (including phenoxy) is 4. The highest BCUT2D eigenvalue weighted by atomic mass is 32.1. The summed E-state index contributed by atoms with van der Waals surface area (Å²) in [6.45, 7) is 4.89. The van der Waals surface area contributed by atoms with Crippen LogP contribution in [0.1, 0.15) is 50.8 Å². The van der Waals surface area contributed by atoms with Gasteiger partial charge in [-0.25, -0.2) is 0 Å². The molecule has 3 aliphatic heterocycles. The van der Waals surface area contributed by atoms with Crippen LogP contribution >= 0.6 is 25.3 Å². The molecule has 0 amide bonds. The molecule has 9 rings (SSSR count). The Morgan fingerprint density at radius 1 is 1.16 bits per heavy atom. The topological polar surface area (TPSA) is 76.2 Å². The van der Waals surface area contributed by atoms with Crippen molar-refractivity contribution in [2.24, 2.45) is 22.7 Å². The molecule has 1 aromatic heterocycles. The van der Waals surface area contributed by atoms with Crippen LogP contribution in [0.3, 0.4) is 0 Å². The van der Waals surface area contributed by atoms with E-state index >= 15 is 0 Å². The maximum atomic E-state index is 13.1. The van der Waals surface area contributed by atoms with Crippen molar-refractivity contribution in [3.8, 4) is 0 Å². The monoisotopic (exact) mass is 539 g/mol. The van der Waals surface area contributed by atoms with Crippen LogP contribution in [0.25, 0.3) is 10.9 Å². The molecule has 196 valence electrons. The number of benzene rings is 1. The fraction of sp³-hybridized carbons (Fsp3) is 0.655. The molecule has 2 aromatic rings. The highest BCUT2D eigenvalue weighted by molar-refractivity contribution is 7.81. The lowest BCUT2D eigenvalue weighted by Gasteiger charge is -2.65. The maximum absolute atomic E-state index is 13.1. The lowest BCUT2D eigenvalue weighted by atomic mass is 9.46. The summed E-state index contributed by atoms with van der Waals surface area (Å²) in [5.74, 6) is 1.44. The number of hydrogen-bond donors (Lipinski definition) is 4. The summed E-state index contributed by atoms with van der Waals surface area (Å²) >= 11 is 10.5. The van der Waals surface area contributed by atoms with E-state index in [0.717, 1.165) is 37.0 Å². The molecule has 3 saturated heterocycles. The Kier molecular flexibility index (Phi) is 4.03. The second-order valence-corrected chi connectivity index (χ2v) is 14.6. The lowest BCUT2D eigenvalue weighted by Crippen LogP contribution is -2.70. The third-order valence-corrected chi connectivity index (χ3v) is 13.0. The minimum Gasteiger partial charge on any atom is -0.488 e. The van der Waals surface area contributed by atoms with Gasteiger partial charge in [0.15, 0.2) is 17.3 Å². The summed E-state index contributed by atoms with van der Waals surface area (Å²) in [6.07, 6.45) is 5.48. The van der Waals surface area contributed by atoms with Gasteiger partial charge in [0.25, 0.3) is 0 Å². The van der Waals surface area contributed by atoms with Gasteiger partial charge in [-0.2, -0.15) is 12.6 Å². The number of epoxide rings is 1. The van der Waals surface area contributed by atoms with Gasteiger partial charge in [-0.15, -0.1) is 12.6 Å². The number of nitrogens with one attached hydrogen (secondary N) is 1. The Labute approximate surface area is 227 Å². The third-order valence-electron chi connectivity index (χ3n) is 11.5. The van der Waals surface area contributed by atoms with Gasteiger partial charge in [0, 0.05) is 27.9 Å². The average Bonchev–Trinajstić information content (AvgIpc) is 3.78. The summed E-state index contributed by atoms with van der Waals surface area (Å²) in [4.78, 5) is 2.97. The largest absolute Gasteiger partial charge is 0.488 e. The van der Waals surface area contributed by atoms with Crippen LogP contribution in [0.2, 0.25) is 0 Å². The number of hydrogen-bond acceptors (Lipinski definition) is 7. The zero-order valence-electron chi connectivity index (χ0n) is 21.1. The van der Waals surface area contributed by atoms with E-state index in [1.165, 1.54) is 16.6 Å². The molecule has 37 heavy (non-hydrogen) atoms. The Balaban J connectivity index is 1.18. The lowest BCUT2D eigenvalue weighted by molar-refractivity contribution is -0.323. The average molecular weight is 540 g/mol. The first kappa shape index (κ1) is 22.6. The number of rotatable bonds is 1. The predicted octanol–water partition coefficient (Wildman–Crippen LogP) is 4.48. The van der Waals surface area contributed by atoms with Crippen LogP contribution in [0.15, 0.2) is 36.1 Å². The van der Waals surface area contributed by atoms with E-state index in [2.05, 4.69) is 42.2 Å². The van der Waals surface area contributed by atoms with E-state index < -0.39 is 32.4 Å². The molecule has 0 radical (unpaired) electrons. The molecule has 1 spiro atoms. The Bertz CT molecular complexity index is 1400. The van der Waals surface area contributed by atoms with Gasteiger partial charge in [0.2, 0.25) is 0 Å². The second kappa shape index (κ2) is 6.58. The SMILES string of the molecule is CC1(S)O[C@@H](C2CO2)O[C@H]2[C@H]3C[C@@]34C(=CC[C@@]3(C)[C@@]4(O)CC[C@H]4Cc5c([nH]c6ccccc56)[C@@]43S)O[C@@H]21. The molecule has 6 nitrogen and oxygen atoms in total. The number of thiol groups is 2. The van der Waals surface area contributed by atoms with Gasteiger partial charge in [-0.3, -0.25) is 0 Å². The molecule has 5 fully saturated rings. The quantitative estimate of drug-likeness (QED) is 0.318. The summed E-state index contributed by atoms with van der Waals surface area (Å²) < 4.78 is 24.5. The van der Waals surface area contributed by atoms with E-state index in [1.807, 2.05) is 6.92 Å². The highest BCUT2D eigenvalue weighted by Gasteiger charge is 2.84. The minimum atomic E-state index is -0.961. The van der Waals surface area contributed by atoms with E-state index in [4.69, 9.17) is 44.2 Å². The molecule has 2 saturated carbocycles. The van der Waals surface area contributed by atoms with Gasteiger partial charge in [-0.1, -0.05) is 25.1 Å². The Morgan fingerprint density at radius 2 is 1.97 bits per heavy atom. The molecule has 0 bridgehead atoms. The zero-order chi connectivity index (χ0) is 25.2. The van der Waals surface area contributed by atoms with Crippen LogP contribution in [0.5, 0.6) is 0 Å². The molecule has 8 heteroatoms. The van der Waals surface area contributed by atoms with Crippen molar-refractivity contribution >= 4 is 36.2 Å². The Hall–Kier alpha value is -1.16. The molecule has 4 heterocycles. The van der Waals surface area contributed by atoms with Crippen LogP contribution in [-0.2, 0) is 30.1 Å². The van der Waals surface area contributed by atoms with Gasteiger partial charge in [-0.05, 0) is 62.7 Å². The van der Waals surface area contributed by atoms with Crippen molar-refractivity contribution in [3.05, 3.63) is 47.4 Å². The molecular weight excluding hydrogens is 506 g/mol. The number of H-pyrrole nitrogens is 1. The van der Waals surface area contributed by atoms with Crippen molar-refractivity contribution in [2.75, 3.05) is 6.61 Å². The number of para-hydroxylation sites is 1. The van der Waals surface area contributed by atoms with Crippen molar-refractivity contribution in [1.82, 2.24) is 4.98 Å². The number of allylic oxidation sites excluding steroid dienone is 1. The van der Waals surface area contributed by atoms with Crippen LogP contribution in [-0.4, -0.2) is 51.8 Å². The van der Waals surface area contributed by atoms with Crippen molar-refractivity contribution < 1.29 is 24.1 Å². The van der Waals surface area contributed by atoms with Crippen molar-refractivity contribution in [1.29, 1.82) is 0 Å². The summed E-state index contributed by atoms with van der Waals surface area (Å²) in [7, 11) is 0. The highest BCUT2D eigenvalue weighted by Crippen LogP contribution is 2.81. The van der Waals surface area contributed by atoms with Gasteiger partial charge < -0.3 is 29.0 Å². The minimum absolute atomic E-state index is 0.0474. The smallest absolute Gasteiger partial charge is 0.188 e. The summed E-state index contributed by atoms with van der Waals surface area (Å²) in [5, 5.41) is 14.3. The second-order valence-electron chi connectivity index (χ2n) is 13.0. The molecule has 1 aromatic carbocycles. The molecular formula is C29H33NO5S2. The van der Waals surface area contributed by atoms with Gasteiger partial charge in [0.05, 0.1) is 22.4 Å². The first-order valence-corrected chi connectivity index (χ1v) is 14.6. The van der Waals surface area contributed by atoms with Crippen molar-refractivity contribution in [2.45, 2.75) is 85.8 Å². The summed E-state index contributed by atoms with van der Waals surface area (Å²) in [5.41, 5.74) is 1.85. The maximum Gasteiger partial charge on any atom is 0.188 e. The first-order valence-electron chi connectivity index (χ1n) is 13.7. The fourth-order valence-corrected chi connectivity index (χ4v) is 10.5. The van der Waals surface area contributed by atoms with Gasteiger partial charge in [0.1, 0.15) is 18.0 Å². The molecule has 2 unspecified atom stereocenters. The standard InChI is InChI=1S/C29H33NO5S2/c1-25-9-8-20-27(12-17(27)21-23(33-20)26(2,36)35-24(34-21)19-13-32-19)28(25,31)10-7-14-11-16-15-5-3-4-6-18(15)30-22(16)29(14,25)37/h3-6,8,14,17,19,21,23-24,30-31,36-37H,7,9-13H2,1-2H3/t14-,17+,19?,21-,23-,24-,25-,26?,27-,28-,29-/m0/s1. The molecule has 7 aliphatic rings. The molecule has 2 N–H and O–H groups in total. The van der Waals surface area contributed by atoms with Crippen LogP contribution in [0.4, 0.5) is 0 Å². The first-order chi connectivity index (χ1) is 17.6. The number of aromatic amines is 1. The van der Waals surface area contributed by atoms with E-state index in [1.54, 1.807) is 0 Å². The molecule has 11 atom stereocenters. The fourth-order valence-electron chi connectivity index (χ4n) is 9.52. The zero-order valence-corrected chi connectivity index (χ0v) is 22.9. The van der Waals surface area contributed by atoms with Crippen LogP contribution < -0.4 is 0 Å². The summed E-state index contributed by atoms with van der Waals surface area (Å²) in [6, 6.07) is 8.56. The molecule has 4 aliphatic carbocycles. The Morgan fingerprint density at radius 3 is 2.78 bits per heavy atom.